The monoisotopic (exact) mass is 456 g/mol. The van der Waals surface area contributed by atoms with Crippen LogP contribution in [0.3, 0.4) is 0 Å². The number of nitrogens with zero attached hydrogens (tertiary/aromatic N) is 1. The third-order valence-corrected chi connectivity index (χ3v) is 6.94. The molecule has 0 saturated heterocycles. The molecule has 0 aromatic heterocycles. The predicted molar refractivity (Wildman–Crippen MR) is 118 cm³/mol. The number of hydrogen-bond donors (Lipinski definition) is 3. The summed E-state index contributed by atoms with van der Waals surface area (Å²) in [7, 11) is -4.06. The number of hydrogen-bond acceptors (Lipinski definition) is 3. The van der Waals surface area contributed by atoms with Crippen molar-refractivity contribution in [3.05, 3.63) is 69.2 Å². The Morgan fingerprint density at radius 2 is 1.45 bits per heavy atom. The molecule has 158 valence electrons. The van der Waals surface area contributed by atoms with E-state index in [4.69, 9.17) is 38.7 Å². The zero-order valence-electron chi connectivity index (χ0n) is 16.2. The van der Waals surface area contributed by atoms with Crippen LogP contribution in [-0.2, 0) is 23.8 Å². The molecule has 8 heteroatoms. The van der Waals surface area contributed by atoms with Gasteiger partial charge in [-0.1, -0.05) is 53.5 Å². The van der Waals surface area contributed by atoms with Crippen LogP contribution in [0.1, 0.15) is 42.4 Å². The van der Waals surface area contributed by atoms with Crippen molar-refractivity contribution in [3.63, 3.8) is 0 Å². The Kier molecular flexibility index (Phi) is 7.80. The minimum absolute atomic E-state index is 0.235. The Morgan fingerprint density at radius 1 is 0.897 bits per heavy atom. The van der Waals surface area contributed by atoms with Gasteiger partial charge < -0.3 is 15.5 Å². The second-order valence-electron chi connectivity index (χ2n) is 7.86. The first-order chi connectivity index (χ1) is 13.7. The number of halogens is 2. The largest absolute Gasteiger partial charge is 0.329 e. The third kappa shape index (κ3) is 7.08. The summed E-state index contributed by atoms with van der Waals surface area (Å²) in [4.78, 5) is 20.7. The number of benzene rings is 2. The fraction of sp³-hybridized carbons (Fsp3) is 0.429. The molecule has 0 bridgehead atoms. The van der Waals surface area contributed by atoms with Gasteiger partial charge in [0, 0.05) is 25.2 Å². The first-order valence-electron chi connectivity index (χ1n) is 9.75. The van der Waals surface area contributed by atoms with Crippen LogP contribution >= 0.6 is 30.8 Å². The predicted octanol–water partition coefficient (Wildman–Crippen LogP) is 4.94. The molecule has 4 N–H and O–H groups in total. The fourth-order valence-corrected chi connectivity index (χ4v) is 4.88. The molecule has 2 aromatic rings. The van der Waals surface area contributed by atoms with Crippen molar-refractivity contribution in [2.75, 3.05) is 0 Å². The average molecular weight is 457 g/mol. The molecule has 5 nitrogen and oxygen atoms in total. The van der Waals surface area contributed by atoms with E-state index in [1.165, 1.54) is 0 Å². The molecule has 1 fully saturated rings. The first-order valence-corrected chi connectivity index (χ1v) is 12.3. The van der Waals surface area contributed by atoms with Crippen molar-refractivity contribution < 1.29 is 14.4 Å². The fourth-order valence-electron chi connectivity index (χ4n) is 3.88. The summed E-state index contributed by atoms with van der Waals surface area (Å²) in [5, 5.41) is 1.10. The highest BCUT2D eigenvalue weighted by Crippen LogP contribution is 2.39. The van der Waals surface area contributed by atoms with Gasteiger partial charge in [0.15, 0.2) is 0 Å². The maximum atomic E-state index is 11.2. The lowest BCUT2D eigenvalue weighted by atomic mass is 9.90. The lowest BCUT2D eigenvalue weighted by molar-refractivity contribution is 0.134. The van der Waals surface area contributed by atoms with Crippen molar-refractivity contribution >= 4 is 30.8 Å². The van der Waals surface area contributed by atoms with E-state index in [9.17, 15) is 4.57 Å². The van der Waals surface area contributed by atoms with Gasteiger partial charge in [0.1, 0.15) is 0 Å². The lowest BCUT2D eigenvalue weighted by Crippen LogP contribution is -2.40. The number of nitrogens with two attached hydrogens (primary N) is 1. The third-order valence-electron chi connectivity index (χ3n) is 5.42. The summed E-state index contributed by atoms with van der Waals surface area (Å²) in [6.07, 6.45) is 3.91. The quantitative estimate of drug-likeness (QED) is 0.513. The van der Waals surface area contributed by atoms with E-state index in [1.807, 2.05) is 30.3 Å². The molecule has 0 radical (unpaired) electrons. The smallest absolute Gasteiger partial charge is 0.328 e. The minimum Gasteiger partial charge on any atom is -0.328 e. The second-order valence-corrected chi connectivity index (χ2v) is 10.3. The Labute approximate surface area is 182 Å². The zero-order valence-corrected chi connectivity index (χ0v) is 18.6. The van der Waals surface area contributed by atoms with Crippen LogP contribution in [0.15, 0.2) is 42.5 Å². The summed E-state index contributed by atoms with van der Waals surface area (Å²) in [6, 6.07) is 13.9. The first kappa shape index (κ1) is 22.8. The van der Waals surface area contributed by atoms with E-state index in [0.29, 0.717) is 21.7 Å². The van der Waals surface area contributed by atoms with Crippen molar-refractivity contribution in [3.8, 4) is 0 Å². The van der Waals surface area contributed by atoms with Gasteiger partial charge in [0.2, 0.25) is 0 Å². The molecule has 3 rings (SSSR count). The van der Waals surface area contributed by atoms with E-state index in [-0.39, 0.29) is 12.2 Å². The normalized spacial score (nSPS) is 20.2. The highest BCUT2D eigenvalue weighted by molar-refractivity contribution is 7.50. The van der Waals surface area contributed by atoms with Crippen LogP contribution in [-0.4, -0.2) is 26.8 Å². The molecule has 1 aliphatic carbocycles. The maximum absolute atomic E-state index is 11.2. The summed E-state index contributed by atoms with van der Waals surface area (Å²) >= 11 is 12.3. The molecule has 0 heterocycles. The molecule has 0 amide bonds. The Balaban J connectivity index is 1.75. The van der Waals surface area contributed by atoms with Gasteiger partial charge in [-0.25, -0.2) is 0 Å². The molecule has 29 heavy (non-hydrogen) atoms. The summed E-state index contributed by atoms with van der Waals surface area (Å²) in [5.41, 5.74) is 8.94. The summed E-state index contributed by atoms with van der Waals surface area (Å²) in [5.74, 6) is 0. The molecule has 1 aliphatic rings. The van der Waals surface area contributed by atoms with Crippen molar-refractivity contribution in [1.82, 2.24) is 4.90 Å². The van der Waals surface area contributed by atoms with Crippen LogP contribution < -0.4 is 5.73 Å². The van der Waals surface area contributed by atoms with Crippen LogP contribution in [0.25, 0.3) is 0 Å². The van der Waals surface area contributed by atoms with Gasteiger partial charge in [0.25, 0.3) is 0 Å². The Bertz CT molecular complexity index is 865. The highest BCUT2D eigenvalue weighted by atomic mass is 35.5. The second kappa shape index (κ2) is 9.93. The van der Waals surface area contributed by atoms with E-state index in [2.05, 4.69) is 4.90 Å². The van der Waals surface area contributed by atoms with Gasteiger partial charge >= 0.3 is 7.60 Å². The van der Waals surface area contributed by atoms with Gasteiger partial charge in [-0.2, -0.15) is 0 Å². The van der Waals surface area contributed by atoms with Gasteiger partial charge in [-0.05, 0) is 54.5 Å². The van der Waals surface area contributed by atoms with Crippen molar-refractivity contribution in [2.24, 2.45) is 5.73 Å². The molecule has 2 aromatic carbocycles. The topological polar surface area (TPSA) is 86.8 Å². The van der Waals surface area contributed by atoms with Crippen LogP contribution in [0, 0.1) is 0 Å². The molecule has 0 aliphatic heterocycles. The minimum atomic E-state index is -4.06. The van der Waals surface area contributed by atoms with E-state index < -0.39 is 7.60 Å². The Morgan fingerprint density at radius 3 is 2.03 bits per heavy atom. The van der Waals surface area contributed by atoms with Crippen molar-refractivity contribution in [2.45, 2.75) is 57.0 Å². The van der Waals surface area contributed by atoms with Crippen LogP contribution in [0.2, 0.25) is 10.0 Å². The molecular formula is C21H27Cl2N2O3P. The van der Waals surface area contributed by atoms with Gasteiger partial charge in [-0.15, -0.1) is 0 Å². The lowest BCUT2D eigenvalue weighted by Gasteiger charge is -2.36. The molecule has 0 unspecified atom stereocenters. The molecule has 0 spiro atoms. The molecule has 0 atom stereocenters. The maximum Gasteiger partial charge on any atom is 0.329 e. The van der Waals surface area contributed by atoms with Crippen LogP contribution in [0.5, 0.6) is 0 Å². The summed E-state index contributed by atoms with van der Waals surface area (Å²) in [6.45, 7) is 1.50. The van der Waals surface area contributed by atoms with E-state index >= 15 is 0 Å². The SMILES string of the molecule is NC1CCC(N(Cc2ccc(CP(=O)(O)O)cc2)Cc2ccc(Cl)c(Cl)c2)CC1. The number of rotatable bonds is 7. The zero-order chi connectivity index (χ0) is 21.0. The molecular weight excluding hydrogens is 430 g/mol. The molecule has 1 saturated carbocycles. The van der Waals surface area contributed by atoms with E-state index in [0.717, 1.165) is 49.9 Å². The summed E-state index contributed by atoms with van der Waals surface area (Å²) < 4.78 is 11.2. The average Bonchev–Trinajstić information content (AvgIpc) is 2.65. The highest BCUT2D eigenvalue weighted by Gasteiger charge is 2.25. The standard InChI is InChI=1S/C21H27Cl2N2O3P/c22-20-10-5-17(11-21(20)23)13-25(19-8-6-18(24)7-9-19)12-15-1-3-16(4-2-15)14-29(26,27)28/h1-5,10-11,18-19H,6-9,12-14,24H2,(H2,26,27,28). The van der Waals surface area contributed by atoms with Crippen molar-refractivity contribution in [1.29, 1.82) is 0 Å². The van der Waals surface area contributed by atoms with Gasteiger partial charge in [-0.3, -0.25) is 9.46 Å². The Hall–Kier alpha value is -0.910. The van der Waals surface area contributed by atoms with Gasteiger partial charge in [0.05, 0.1) is 16.2 Å². The van der Waals surface area contributed by atoms with Crippen LogP contribution in [0.4, 0.5) is 0 Å². The van der Waals surface area contributed by atoms with E-state index in [1.54, 1.807) is 12.1 Å².